The average molecular weight is 602 g/mol. The molecule has 3 heterocycles. The summed E-state index contributed by atoms with van der Waals surface area (Å²) >= 11 is 0. The maximum absolute atomic E-state index is 14.5. The highest BCUT2D eigenvalue weighted by molar-refractivity contribution is 6.05. The van der Waals surface area contributed by atoms with Gasteiger partial charge in [-0.1, -0.05) is 6.92 Å². The molecular formula is C33H51N3O7. The van der Waals surface area contributed by atoms with E-state index >= 15 is 0 Å². The monoisotopic (exact) mass is 601 g/mol. The van der Waals surface area contributed by atoms with Gasteiger partial charge in [-0.05, 0) is 84.4 Å². The molecule has 0 saturated carbocycles. The van der Waals surface area contributed by atoms with Gasteiger partial charge in [-0.3, -0.25) is 9.59 Å². The van der Waals surface area contributed by atoms with Gasteiger partial charge in [0.05, 0.1) is 24.9 Å². The number of methoxy groups -OCH3 is 1. The van der Waals surface area contributed by atoms with Crippen LogP contribution in [0, 0.1) is 0 Å². The van der Waals surface area contributed by atoms with Crippen LogP contribution in [0.25, 0.3) is 0 Å². The van der Waals surface area contributed by atoms with Crippen molar-refractivity contribution in [1.82, 2.24) is 9.80 Å². The zero-order valence-electron chi connectivity index (χ0n) is 27.2. The van der Waals surface area contributed by atoms with Crippen LogP contribution in [0.2, 0.25) is 0 Å². The van der Waals surface area contributed by atoms with Crippen LogP contribution < -0.4 is 9.64 Å². The van der Waals surface area contributed by atoms with Gasteiger partial charge >= 0.3 is 6.09 Å². The van der Waals surface area contributed by atoms with Crippen LogP contribution in [0.4, 0.5) is 10.5 Å². The van der Waals surface area contributed by atoms with E-state index in [1.165, 1.54) is 0 Å². The summed E-state index contributed by atoms with van der Waals surface area (Å²) in [4.78, 5) is 46.8. The predicted molar refractivity (Wildman–Crippen MR) is 165 cm³/mol. The Bertz CT molecular complexity index is 1160. The van der Waals surface area contributed by atoms with E-state index in [1.54, 1.807) is 12.0 Å². The number of anilines is 1. The number of benzene rings is 1. The SMILES string of the molecule is CCc1cc2c(cc1C(=O)N(C(C)C)[C@@H]1CCCN(C(=O)OC(C)(C)C)C1)N(CCCCOC)C(=O)C1(CCOCC1)O2. The van der Waals surface area contributed by atoms with Crippen LogP contribution in [0.5, 0.6) is 5.75 Å². The normalized spacial score (nSPS) is 20.2. The molecule has 1 spiro atoms. The number of carbonyl (C=O) groups is 3. The molecule has 2 saturated heterocycles. The fraction of sp³-hybridized carbons (Fsp3) is 0.727. The first-order chi connectivity index (χ1) is 20.4. The van der Waals surface area contributed by atoms with Crippen LogP contribution in [-0.4, -0.2) is 97.6 Å². The summed E-state index contributed by atoms with van der Waals surface area (Å²) in [7, 11) is 1.68. The number of hydrogen-bond acceptors (Lipinski definition) is 7. The number of unbranched alkanes of at least 4 members (excludes halogenated alkanes) is 1. The smallest absolute Gasteiger partial charge is 0.410 e. The summed E-state index contributed by atoms with van der Waals surface area (Å²) in [5.74, 6) is 0.486. The standard InChI is InChI=1S/C33H51N3O7/c1-8-24-20-28-27(35(16-9-10-17-40-7)30(38)33(42-28)13-18-41-19-14-33)21-26(24)29(37)36(23(2)3)25-12-11-15-34(22-25)31(39)43-32(4,5)6/h20-21,23,25H,8-19,22H2,1-7H3/t25-/m1/s1. The molecular weight excluding hydrogens is 550 g/mol. The molecule has 0 aromatic heterocycles. The summed E-state index contributed by atoms with van der Waals surface area (Å²) < 4.78 is 23.0. The van der Waals surface area contributed by atoms with Gasteiger partial charge in [-0.15, -0.1) is 0 Å². The first kappa shape index (κ1) is 33.1. The highest BCUT2D eigenvalue weighted by atomic mass is 16.6. The van der Waals surface area contributed by atoms with Crippen LogP contribution in [0.15, 0.2) is 12.1 Å². The van der Waals surface area contributed by atoms with E-state index in [-0.39, 0.29) is 30.0 Å². The van der Waals surface area contributed by atoms with Gasteiger partial charge in [0.15, 0.2) is 5.60 Å². The lowest BCUT2D eigenvalue weighted by atomic mass is 9.89. The average Bonchev–Trinajstić information content (AvgIpc) is 2.96. The Morgan fingerprint density at radius 2 is 1.88 bits per heavy atom. The quantitative estimate of drug-likeness (QED) is 0.359. The zero-order valence-corrected chi connectivity index (χ0v) is 27.2. The third-order valence-electron chi connectivity index (χ3n) is 8.54. The molecule has 4 rings (SSSR count). The van der Waals surface area contributed by atoms with Gasteiger partial charge in [0.2, 0.25) is 0 Å². The largest absolute Gasteiger partial charge is 0.475 e. The number of fused-ring (bicyclic) bond motifs is 1. The van der Waals surface area contributed by atoms with Gasteiger partial charge < -0.3 is 33.6 Å². The molecule has 240 valence electrons. The number of amides is 3. The molecule has 10 nitrogen and oxygen atoms in total. The molecule has 1 aromatic carbocycles. The summed E-state index contributed by atoms with van der Waals surface area (Å²) in [5.41, 5.74) is 0.563. The molecule has 1 atom stereocenters. The minimum Gasteiger partial charge on any atom is -0.475 e. The van der Waals surface area contributed by atoms with Crippen molar-refractivity contribution in [3.63, 3.8) is 0 Å². The number of aryl methyl sites for hydroxylation is 1. The van der Waals surface area contributed by atoms with E-state index in [2.05, 4.69) is 0 Å². The molecule has 1 aromatic rings. The second-order valence-electron chi connectivity index (χ2n) is 13.2. The number of likely N-dealkylation sites (tertiary alicyclic amines) is 1. The second-order valence-corrected chi connectivity index (χ2v) is 13.2. The van der Waals surface area contributed by atoms with E-state index in [4.69, 9.17) is 18.9 Å². The minimum absolute atomic E-state index is 0.0654. The second kappa shape index (κ2) is 13.8. The van der Waals surface area contributed by atoms with Crippen molar-refractivity contribution in [3.8, 4) is 5.75 Å². The van der Waals surface area contributed by atoms with E-state index in [0.717, 1.165) is 31.2 Å². The molecule has 2 fully saturated rings. The van der Waals surface area contributed by atoms with Crippen molar-refractivity contribution < 1.29 is 33.3 Å². The van der Waals surface area contributed by atoms with Gasteiger partial charge in [0.1, 0.15) is 11.4 Å². The van der Waals surface area contributed by atoms with E-state index < -0.39 is 11.2 Å². The predicted octanol–water partition coefficient (Wildman–Crippen LogP) is 5.20. The lowest BCUT2D eigenvalue weighted by Gasteiger charge is -2.45. The lowest BCUT2D eigenvalue weighted by Crippen LogP contribution is -2.59. The van der Waals surface area contributed by atoms with Crippen LogP contribution in [-0.2, 0) is 25.4 Å². The van der Waals surface area contributed by atoms with Crippen LogP contribution in [0.3, 0.4) is 0 Å². The van der Waals surface area contributed by atoms with Crippen molar-refractivity contribution >= 4 is 23.6 Å². The number of hydrogen-bond donors (Lipinski definition) is 0. The lowest BCUT2D eigenvalue weighted by molar-refractivity contribution is -0.144. The Morgan fingerprint density at radius 1 is 1.16 bits per heavy atom. The third kappa shape index (κ3) is 7.45. The Balaban J connectivity index is 1.67. The summed E-state index contributed by atoms with van der Waals surface area (Å²) in [6.45, 7) is 14.7. The Morgan fingerprint density at radius 3 is 2.51 bits per heavy atom. The first-order valence-corrected chi connectivity index (χ1v) is 16.0. The molecule has 3 aliphatic rings. The van der Waals surface area contributed by atoms with Crippen molar-refractivity contribution in [2.75, 3.05) is 51.5 Å². The van der Waals surface area contributed by atoms with Crippen molar-refractivity contribution in [2.24, 2.45) is 0 Å². The molecule has 0 aliphatic carbocycles. The molecule has 0 bridgehead atoms. The van der Waals surface area contributed by atoms with E-state index in [0.29, 0.717) is 75.7 Å². The highest BCUT2D eigenvalue weighted by Crippen LogP contribution is 2.44. The molecule has 0 unspecified atom stereocenters. The number of nitrogens with zero attached hydrogens (tertiary/aromatic N) is 3. The maximum atomic E-state index is 14.5. The Labute approximate surface area is 256 Å². The molecule has 0 N–H and O–H groups in total. The maximum Gasteiger partial charge on any atom is 0.410 e. The molecule has 43 heavy (non-hydrogen) atoms. The molecule has 3 amide bonds. The number of ether oxygens (including phenoxy) is 4. The Hall–Kier alpha value is -2.85. The highest BCUT2D eigenvalue weighted by Gasteiger charge is 2.49. The Kier molecular flexibility index (Phi) is 10.6. The fourth-order valence-electron chi connectivity index (χ4n) is 6.39. The van der Waals surface area contributed by atoms with Crippen LogP contribution >= 0.6 is 0 Å². The van der Waals surface area contributed by atoms with E-state index in [1.807, 2.05) is 63.5 Å². The van der Waals surface area contributed by atoms with Gasteiger partial charge in [-0.25, -0.2) is 4.79 Å². The van der Waals surface area contributed by atoms with Crippen LogP contribution in [0.1, 0.15) is 96.0 Å². The molecule has 0 radical (unpaired) electrons. The van der Waals surface area contributed by atoms with Gasteiger partial charge in [0, 0.05) is 57.8 Å². The van der Waals surface area contributed by atoms with Crippen molar-refractivity contribution in [3.05, 3.63) is 23.3 Å². The minimum atomic E-state index is -0.944. The van der Waals surface area contributed by atoms with Crippen molar-refractivity contribution in [1.29, 1.82) is 0 Å². The zero-order chi connectivity index (χ0) is 31.4. The summed E-state index contributed by atoms with van der Waals surface area (Å²) in [5, 5.41) is 0. The summed E-state index contributed by atoms with van der Waals surface area (Å²) in [6.07, 6.45) is 4.46. The third-order valence-corrected chi connectivity index (χ3v) is 8.54. The summed E-state index contributed by atoms with van der Waals surface area (Å²) in [6, 6.07) is 3.58. The number of carbonyl (C=O) groups excluding carboxylic acids is 3. The van der Waals surface area contributed by atoms with Gasteiger partial charge in [-0.2, -0.15) is 0 Å². The van der Waals surface area contributed by atoms with Crippen molar-refractivity contribution in [2.45, 2.75) is 110 Å². The number of rotatable bonds is 9. The fourth-order valence-corrected chi connectivity index (χ4v) is 6.39. The number of piperidine rings is 1. The van der Waals surface area contributed by atoms with E-state index in [9.17, 15) is 14.4 Å². The molecule has 3 aliphatic heterocycles. The molecule has 10 heteroatoms. The van der Waals surface area contributed by atoms with Gasteiger partial charge in [0.25, 0.3) is 11.8 Å². The topological polar surface area (TPSA) is 97.9 Å². The first-order valence-electron chi connectivity index (χ1n) is 16.0.